The molecule has 0 atom stereocenters. The van der Waals surface area contributed by atoms with Gasteiger partial charge in [0.15, 0.2) is 5.16 Å². The second-order valence-electron chi connectivity index (χ2n) is 3.86. The molecule has 6 nitrogen and oxygen atoms in total. The summed E-state index contributed by atoms with van der Waals surface area (Å²) >= 11 is 1.38. The Hall–Kier alpha value is -2.41. The van der Waals surface area contributed by atoms with Crippen molar-refractivity contribution in [1.82, 2.24) is 15.4 Å². The number of carbonyl (C=O) groups excluding carboxylic acids is 1. The molecule has 0 unspecified atom stereocenters. The topological polar surface area (TPSA) is 76.5 Å². The number of aromatic nitrogens is 2. The van der Waals surface area contributed by atoms with Crippen molar-refractivity contribution in [3.05, 3.63) is 48.3 Å². The first-order valence-corrected chi connectivity index (χ1v) is 6.85. The average molecular weight is 286 g/mol. The number of hydrazone groups is 1. The highest BCUT2D eigenvalue weighted by Gasteiger charge is 2.18. The first-order valence-electron chi connectivity index (χ1n) is 5.86. The van der Waals surface area contributed by atoms with Crippen LogP contribution in [0.25, 0.3) is 0 Å². The lowest BCUT2D eigenvalue weighted by molar-refractivity contribution is 0.0955. The number of hydrogen-bond acceptors (Lipinski definition) is 6. The first kappa shape index (κ1) is 12.6. The van der Waals surface area contributed by atoms with Gasteiger partial charge < -0.3 is 4.74 Å². The van der Waals surface area contributed by atoms with Crippen LogP contribution in [-0.4, -0.2) is 27.5 Å². The molecular weight excluding hydrogens is 276 g/mol. The van der Waals surface area contributed by atoms with Gasteiger partial charge in [0.05, 0.1) is 11.3 Å². The third-order valence-corrected chi connectivity index (χ3v) is 3.37. The summed E-state index contributed by atoms with van der Waals surface area (Å²) in [6.07, 6.45) is 3.34. The fourth-order valence-corrected chi connectivity index (χ4v) is 2.26. The third kappa shape index (κ3) is 2.77. The number of hydrogen-bond donors (Lipinski definition) is 1. The van der Waals surface area contributed by atoms with Gasteiger partial charge in [-0.2, -0.15) is 0 Å². The summed E-state index contributed by atoms with van der Waals surface area (Å²) in [5, 5.41) is 4.58. The van der Waals surface area contributed by atoms with Crippen molar-refractivity contribution >= 4 is 23.6 Å². The van der Waals surface area contributed by atoms with Gasteiger partial charge in [-0.05, 0) is 18.2 Å². The molecule has 1 N–H and O–H groups in total. The van der Waals surface area contributed by atoms with Crippen molar-refractivity contribution in [3.8, 4) is 5.75 Å². The molecule has 0 bridgehead atoms. The number of carbonyl (C=O) groups is 1. The van der Waals surface area contributed by atoms with Crippen LogP contribution < -0.4 is 10.2 Å². The maximum Gasteiger partial charge on any atom is 0.275 e. The molecule has 100 valence electrons. The van der Waals surface area contributed by atoms with E-state index in [9.17, 15) is 4.79 Å². The van der Waals surface area contributed by atoms with Crippen LogP contribution in [-0.2, 0) is 0 Å². The molecule has 0 radical (unpaired) electrons. The molecule has 7 heteroatoms. The van der Waals surface area contributed by atoms with Crippen LogP contribution in [0.3, 0.4) is 0 Å². The Balaban J connectivity index is 1.74. The monoisotopic (exact) mass is 286 g/mol. The summed E-state index contributed by atoms with van der Waals surface area (Å²) in [6, 6.07) is 8.76. The Morgan fingerprint density at radius 2 is 1.95 bits per heavy atom. The zero-order valence-corrected chi connectivity index (χ0v) is 11.1. The number of nitrogens with one attached hydrogen (secondary N) is 1. The molecule has 2 aromatic rings. The second kappa shape index (κ2) is 5.70. The molecule has 1 amide bonds. The Morgan fingerprint density at radius 3 is 2.80 bits per heavy atom. The zero-order valence-electron chi connectivity index (χ0n) is 10.3. The third-order valence-electron chi connectivity index (χ3n) is 2.51. The van der Waals surface area contributed by atoms with E-state index < -0.39 is 0 Å². The number of nitrogens with zero attached hydrogens (tertiary/aromatic N) is 3. The number of fused-ring (bicyclic) bond motifs is 1. The molecule has 1 aliphatic rings. The van der Waals surface area contributed by atoms with Crippen LogP contribution in [0.1, 0.15) is 10.4 Å². The van der Waals surface area contributed by atoms with Crippen molar-refractivity contribution in [1.29, 1.82) is 0 Å². The smallest absolute Gasteiger partial charge is 0.275 e. The van der Waals surface area contributed by atoms with Crippen LogP contribution in [0, 0.1) is 0 Å². The fraction of sp³-hybridized carbons (Fsp3) is 0.0769. The molecule has 2 heterocycles. The number of thioether (sulfide) groups is 1. The molecule has 0 fully saturated rings. The summed E-state index contributed by atoms with van der Waals surface area (Å²) in [4.78, 5) is 20.0. The zero-order chi connectivity index (χ0) is 13.8. The number of para-hydroxylation sites is 1. The summed E-state index contributed by atoms with van der Waals surface area (Å²) < 4.78 is 5.64. The summed E-state index contributed by atoms with van der Waals surface area (Å²) in [5.41, 5.74) is 2.92. The molecule has 1 aliphatic heterocycles. The normalized spacial score (nSPS) is 13.6. The van der Waals surface area contributed by atoms with Gasteiger partial charge in [0.25, 0.3) is 5.91 Å². The maximum absolute atomic E-state index is 11.8. The van der Waals surface area contributed by atoms with Crippen LogP contribution >= 0.6 is 11.8 Å². The quantitative estimate of drug-likeness (QED) is 0.686. The SMILES string of the molecule is O=C1NN=C(CSc2ncccn2)Oc2ccccc21. The van der Waals surface area contributed by atoms with E-state index in [1.54, 1.807) is 36.7 Å². The van der Waals surface area contributed by atoms with Crippen LogP contribution in [0.15, 0.2) is 53.0 Å². The lowest BCUT2D eigenvalue weighted by atomic mass is 10.2. The minimum Gasteiger partial charge on any atom is -0.440 e. The number of rotatable bonds is 3. The van der Waals surface area contributed by atoms with Crippen molar-refractivity contribution < 1.29 is 9.53 Å². The Kier molecular flexibility index (Phi) is 3.60. The molecule has 0 spiro atoms. The summed E-state index contributed by atoms with van der Waals surface area (Å²) in [7, 11) is 0. The molecule has 20 heavy (non-hydrogen) atoms. The molecule has 1 aromatic carbocycles. The molecule has 0 saturated carbocycles. The number of benzene rings is 1. The predicted octanol–water partition coefficient (Wildman–Crippen LogP) is 1.70. The van der Waals surface area contributed by atoms with E-state index in [2.05, 4.69) is 20.5 Å². The molecule has 1 aromatic heterocycles. The minimum atomic E-state index is -0.281. The van der Waals surface area contributed by atoms with E-state index in [1.165, 1.54) is 11.8 Å². The Bertz CT molecular complexity index is 660. The van der Waals surface area contributed by atoms with Gasteiger partial charge in [0, 0.05) is 12.4 Å². The lowest BCUT2D eigenvalue weighted by Crippen LogP contribution is -2.18. The van der Waals surface area contributed by atoms with Gasteiger partial charge in [-0.15, -0.1) is 5.10 Å². The minimum absolute atomic E-state index is 0.281. The van der Waals surface area contributed by atoms with E-state index in [4.69, 9.17) is 4.74 Å². The van der Waals surface area contributed by atoms with Crippen molar-refractivity contribution in [2.75, 3.05) is 5.75 Å². The van der Waals surface area contributed by atoms with Gasteiger partial charge in [0.2, 0.25) is 5.90 Å². The van der Waals surface area contributed by atoms with E-state index in [-0.39, 0.29) is 5.91 Å². The van der Waals surface area contributed by atoms with E-state index >= 15 is 0 Å². The average Bonchev–Trinajstić information content (AvgIpc) is 2.66. The van der Waals surface area contributed by atoms with Crippen LogP contribution in [0.5, 0.6) is 5.75 Å². The molecule has 0 aliphatic carbocycles. The van der Waals surface area contributed by atoms with Crippen molar-refractivity contribution in [3.63, 3.8) is 0 Å². The summed E-state index contributed by atoms with van der Waals surface area (Å²) in [6.45, 7) is 0. The van der Waals surface area contributed by atoms with E-state index in [0.29, 0.717) is 28.1 Å². The molecular formula is C13H10N4O2S. The van der Waals surface area contributed by atoms with Crippen molar-refractivity contribution in [2.45, 2.75) is 5.16 Å². The van der Waals surface area contributed by atoms with Gasteiger partial charge >= 0.3 is 0 Å². The van der Waals surface area contributed by atoms with E-state index in [1.807, 2.05) is 6.07 Å². The van der Waals surface area contributed by atoms with Crippen molar-refractivity contribution in [2.24, 2.45) is 5.10 Å². The Morgan fingerprint density at radius 1 is 1.15 bits per heavy atom. The lowest BCUT2D eigenvalue weighted by Gasteiger charge is -2.06. The standard InChI is InChI=1S/C13H10N4O2S/c18-12-9-4-1-2-5-10(9)19-11(16-17-12)8-20-13-14-6-3-7-15-13/h1-7H,8H2,(H,17,18). The van der Waals surface area contributed by atoms with E-state index in [0.717, 1.165) is 0 Å². The highest BCUT2D eigenvalue weighted by molar-refractivity contribution is 7.99. The molecule has 0 saturated heterocycles. The fourth-order valence-electron chi connectivity index (χ4n) is 1.61. The van der Waals surface area contributed by atoms with Crippen LogP contribution in [0.4, 0.5) is 0 Å². The highest BCUT2D eigenvalue weighted by atomic mass is 32.2. The van der Waals surface area contributed by atoms with Crippen LogP contribution in [0.2, 0.25) is 0 Å². The second-order valence-corrected chi connectivity index (χ2v) is 4.81. The summed E-state index contributed by atoms with van der Waals surface area (Å²) in [5.74, 6) is 1.05. The largest absolute Gasteiger partial charge is 0.440 e. The van der Waals surface area contributed by atoms with Gasteiger partial charge in [-0.1, -0.05) is 23.9 Å². The molecule has 3 rings (SSSR count). The number of ether oxygens (including phenoxy) is 1. The first-order chi connectivity index (χ1) is 9.83. The van der Waals surface area contributed by atoms with Gasteiger partial charge in [-0.3, -0.25) is 4.79 Å². The van der Waals surface area contributed by atoms with Gasteiger partial charge in [-0.25, -0.2) is 15.4 Å². The van der Waals surface area contributed by atoms with Gasteiger partial charge in [0.1, 0.15) is 5.75 Å². The number of amides is 1. The highest BCUT2D eigenvalue weighted by Crippen LogP contribution is 2.21. The maximum atomic E-state index is 11.8. The predicted molar refractivity (Wildman–Crippen MR) is 74.7 cm³/mol. The Labute approximate surface area is 119 Å².